The normalized spacial score (nSPS) is 12.8. The molecule has 0 unspecified atom stereocenters. The summed E-state index contributed by atoms with van der Waals surface area (Å²) in [6.07, 6.45) is -4.10. The van der Waals surface area contributed by atoms with Crippen LogP contribution < -0.4 is 4.74 Å². The van der Waals surface area contributed by atoms with Crippen LogP contribution in [0, 0.1) is 0 Å². The SMILES string of the molecule is C[C@@H](Oc1cc(-n2cnc3ccc(CO)cc32)sc1C(=O)O)c1ccccc1C(F)(F)F. The highest BCUT2D eigenvalue weighted by Crippen LogP contribution is 2.39. The Bertz CT molecular complexity index is 1300. The highest BCUT2D eigenvalue weighted by atomic mass is 32.1. The number of imidazole rings is 1. The van der Waals surface area contributed by atoms with E-state index in [1.807, 2.05) is 0 Å². The van der Waals surface area contributed by atoms with Gasteiger partial charge >= 0.3 is 12.1 Å². The molecule has 166 valence electrons. The molecule has 0 aliphatic rings. The van der Waals surface area contributed by atoms with Crippen molar-refractivity contribution in [2.24, 2.45) is 0 Å². The molecule has 0 radical (unpaired) electrons. The summed E-state index contributed by atoms with van der Waals surface area (Å²) in [5.74, 6) is -1.30. The van der Waals surface area contributed by atoms with Crippen molar-refractivity contribution in [2.45, 2.75) is 25.8 Å². The van der Waals surface area contributed by atoms with Crippen LogP contribution >= 0.6 is 11.3 Å². The van der Waals surface area contributed by atoms with Crippen LogP contribution in [-0.2, 0) is 12.8 Å². The maximum atomic E-state index is 13.4. The number of aliphatic hydroxyl groups is 1. The first kappa shape index (κ1) is 21.8. The van der Waals surface area contributed by atoms with Gasteiger partial charge in [-0.3, -0.25) is 4.57 Å². The van der Waals surface area contributed by atoms with Gasteiger partial charge in [-0.05, 0) is 30.7 Å². The number of rotatable bonds is 6. The van der Waals surface area contributed by atoms with Gasteiger partial charge in [0, 0.05) is 11.6 Å². The van der Waals surface area contributed by atoms with E-state index in [4.69, 9.17) is 4.74 Å². The summed E-state index contributed by atoms with van der Waals surface area (Å²) in [6.45, 7) is 1.27. The first-order valence-electron chi connectivity index (χ1n) is 9.46. The maximum absolute atomic E-state index is 13.4. The number of nitrogens with zero attached hydrogens (tertiary/aromatic N) is 2. The predicted molar refractivity (Wildman–Crippen MR) is 112 cm³/mol. The molecular weight excluding hydrogens is 445 g/mol. The minimum Gasteiger partial charge on any atom is -0.484 e. The number of fused-ring (bicyclic) bond motifs is 1. The van der Waals surface area contributed by atoms with Gasteiger partial charge in [-0.25, -0.2) is 9.78 Å². The van der Waals surface area contributed by atoms with E-state index >= 15 is 0 Å². The molecule has 0 fully saturated rings. The number of hydrogen-bond acceptors (Lipinski definition) is 5. The third-order valence-corrected chi connectivity index (χ3v) is 6.02. The minimum absolute atomic E-state index is 0.0397. The molecule has 4 aromatic rings. The Hall–Kier alpha value is -3.37. The van der Waals surface area contributed by atoms with Gasteiger partial charge in [0.1, 0.15) is 23.2 Å². The topological polar surface area (TPSA) is 84.6 Å². The zero-order chi connectivity index (χ0) is 23.0. The smallest absolute Gasteiger partial charge is 0.416 e. The van der Waals surface area contributed by atoms with Crippen molar-refractivity contribution in [1.29, 1.82) is 0 Å². The van der Waals surface area contributed by atoms with Crippen molar-refractivity contribution in [3.63, 3.8) is 0 Å². The standard InChI is InChI=1S/C22H17F3N2O4S/c1-12(14-4-2-3-5-15(14)22(23,24)25)31-18-9-19(32-20(18)21(29)30)27-11-26-16-7-6-13(10-28)8-17(16)27/h2-9,11-12,28H,10H2,1H3,(H,29,30)/t12-/m1/s1. The molecule has 10 heteroatoms. The average Bonchev–Trinajstić information content (AvgIpc) is 3.36. The Morgan fingerprint density at radius 1 is 1.22 bits per heavy atom. The predicted octanol–water partition coefficient (Wildman–Crippen LogP) is 5.44. The molecule has 2 heterocycles. The second-order valence-corrected chi connectivity index (χ2v) is 8.05. The van der Waals surface area contributed by atoms with E-state index in [1.165, 1.54) is 37.5 Å². The van der Waals surface area contributed by atoms with Crippen molar-refractivity contribution in [1.82, 2.24) is 9.55 Å². The average molecular weight is 462 g/mol. The lowest BCUT2D eigenvalue weighted by atomic mass is 10.0. The molecule has 0 aliphatic heterocycles. The lowest BCUT2D eigenvalue weighted by molar-refractivity contribution is -0.139. The zero-order valence-corrected chi connectivity index (χ0v) is 17.4. The molecule has 0 bridgehead atoms. The summed E-state index contributed by atoms with van der Waals surface area (Å²) in [7, 11) is 0. The number of carbonyl (C=O) groups is 1. The molecule has 0 saturated heterocycles. The van der Waals surface area contributed by atoms with Crippen LogP contribution in [-0.4, -0.2) is 25.7 Å². The number of carboxylic acid groups (broad SMARTS) is 1. The third kappa shape index (κ3) is 4.06. The summed E-state index contributed by atoms with van der Waals surface area (Å²) in [5, 5.41) is 19.5. The van der Waals surface area contributed by atoms with Crippen molar-refractivity contribution in [3.05, 3.63) is 76.4 Å². The zero-order valence-electron chi connectivity index (χ0n) is 16.6. The second-order valence-electron chi connectivity index (χ2n) is 7.02. The molecule has 2 N–H and O–H groups in total. The molecule has 1 atom stereocenters. The van der Waals surface area contributed by atoms with E-state index in [9.17, 15) is 28.2 Å². The van der Waals surface area contributed by atoms with Crippen LogP contribution in [0.1, 0.15) is 39.4 Å². The van der Waals surface area contributed by atoms with Crippen molar-refractivity contribution in [2.75, 3.05) is 0 Å². The van der Waals surface area contributed by atoms with Crippen molar-refractivity contribution in [3.8, 4) is 10.8 Å². The quantitative estimate of drug-likeness (QED) is 0.399. The van der Waals surface area contributed by atoms with Crippen LogP contribution in [0.2, 0.25) is 0 Å². The number of aromatic carboxylic acids is 1. The molecule has 0 saturated carbocycles. The van der Waals surface area contributed by atoms with E-state index in [-0.39, 0.29) is 22.8 Å². The lowest BCUT2D eigenvalue weighted by Crippen LogP contribution is -2.14. The number of aliphatic hydroxyl groups excluding tert-OH is 1. The van der Waals surface area contributed by atoms with E-state index in [2.05, 4.69) is 4.98 Å². The second kappa shape index (κ2) is 8.29. The van der Waals surface area contributed by atoms with E-state index in [0.29, 0.717) is 21.6 Å². The molecule has 0 amide bonds. The van der Waals surface area contributed by atoms with Gasteiger partial charge in [-0.15, -0.1) is 11.3 Å². The lowest BCUT2D eigenvalue weighted by Gasteiger charge is -2.19. The molecule has 0 spiro atoms. The Morgan fingerprint density at radius 3 is 2.66 bits per heavy atom. The molecule has 2 aromatic carbocycles. The fourth-order valence-electron chi connectivity index (χ4n) is 3.41. The van der Waals surface area contributed by atoms with Crippen molar-refractivity contribution < 1.29 is 32.9 Å². The molecule has 0 aliphatic carbocycles. The van der Waals surface area contributed by atoms with Gasteiger partial charge in [-0.2, -0.15) is 13.2 Å². The van der Waals surface area contributed by atoms with Crippen LogP contribution in [0.25, 0.3) is 16.0 Å². The van der Waals surface area contributed by atoms with Gasteiger partial charge in [0.15, 0.2) is 4.88 Å². The van der Waals surface area contributed by atoms with Crippen LogP contribution in [0.4, 0.5) is 13.2 Å². The minimum atomic E-state index is -4.57. The first-order chi connectivity index (χ1) is 15.2. The molecule has 2 aromatic heterocycles. The molecular formula is C22H17F3N2O4S. The summed E-state index contributed by atoms with van der Waals surface area (Å²) < 4.78 is 47.5. The fraction of sp³-hybridized carbons (Fsp3) is 0.182. The number of aromatic nitrogens is 2. The maximum Gasteiger partial charge on any atom is 0.416 e. The van der Waals surface area contributed by atoms with Crippen LogP contribution in [0.5, 0.6) is 5.75 Å². The first-order valence-corrected chi connectivity index (χ1v) is 10.3. The van der Waals surface area contributed by atoms with Gasteiger partial charge < -0.3 is 14.9 Å². The number of ether oxygens (including phenoxy) is 1. The number of carboxylic acids is 1. The summed E-state index contributed by atoms with van der Waals surface area (Å²) >= 11 is 0.914. The van der Waals surface area contributed by atoms with E-state index in [0.717, 1.165) is 17.4 Å². The Kier molecular flexibility index (Phi) is 5.66. The highest BCUT2D eigenvalue weighted by Gasteiger charge is 2.35. The number of thiophene rings is 1. The largest absolute Gasteiger partial charge is 0.484 e. The third-order valence-electron chi connectivity index (χ3n) is 4.92. The molecule has 4 rings (SSSR count). The number of benzene rings is 2. The van der Waals surface area contributed by atoms with Crippen LogP contribution in [0.15, 0.2) is 54.9 Å². The number of alkyl halides is 3. The number of halogens is 3. The molecule has 32 heavy (non-hydrogen) atoms. The van der Waals surface area contributed by atoms with E-state index in [1.54, 1.807) is 22.8 Å². The highest BCUT2D eigenvalue weighted by molar-refractivity contribution is 7.16. The monoisotopic (exact) mass is 462 g/mol. The summed E-state index contributed by atoms with van der Waals surface area (Å²) in [5.41, 5.74) is 1.02. The molecule has 6 nitrogen and oxygen atoms in total. The summed E-state index contributed by atoms with van der Waals surface area (Å²) in [4.78, 5) is 15.9. The van der Waals surface area contributed by atoms with Gasteiger partial charge in [-0.1, -0.05) is 24.3 Å². The number of hydrogen-bond donors (Lipinski definition) is 2. The van der Waals surface area contributed by atoms with Crippen LogP contribution in [0.3, 0.4) is 0 Å². The Morgan fingerprint density at radius 2 is 1.97 bits per heavy atom. The van der Waals surface area contributed by atoms with Gasteiger partial charge in [0.05, 0.1) is 23.2 Å². The van der Waals surface area contributed by atoms with Gasteiger partial charge in [0.25, 0.3) is 0 Å². The Labute approximate surface area is 184 Å². The van der Waals surface area contributed by atoms with Gasteiger partial charge in [0.2, 0.25) is 0 Å². The summed E-state index contributed by atoms with van der Waals surface area (Å²) in [6, 6.07) is 11.7. The Balaban J connectivity index is 1.74. The van der Waals surface area contributed by atoms with E-state index < -0.39 is 23.8 Å². The van der Waals surface area contributed by atoms with Crippen molar-refractivity contribution >= 4 is 28.3 Å². The fourth-order valence-corrected chi connectivity index (χ4v) is 4.32.